The van der Waals surface area contributed by atoms with Crippen molar-refractivity contribution in [2.75, 3.05) is 0 Å². The fraction of sp³-hybridized carbons (Fsp3) is 0.474. The minimum atomic E-state index is -0.399. The van der Waals surface area contributed by atoms with E-state index in [1.165, 1.54) is 0 Å². The summed E-state index contributed by atoms with van der Waals surface area (Å²) in [5, 5.41) is 7.39. The molecule has 3 atom stereocenters. The second kappa shape index (κ2) is 6.23. The molecule has 2 aromatic heterocycles. The summed E-state index contributed by atoms with van der Waals surface area (Å²) in [7, 11) is 1.90. The fourth-order valence-corrected chi connectivity index (χ4v) is 3.99. The standard InChI is InChI=1S/C19H23N5O2/c1-11-15(12(2)23(3)22-11)10-21-18(25)17-8-14-7-16(14)24(17)19(26)13-5-4-6-20-9-13/h4-6,9,14,16-17H,7-8,10H2,1-3H3,(H,21,25)/t14-,16-,17+/m0/s1. The van der Waals surface area contributed by atoms with Gasteiger partial charge in [0.05, 0.1) is 11.3 Å². The summed E-state index contributed by atoms with van der Waals surface area (Å²) >= 11 is 0. The molecule has 0 aromatic carbocycles. The van der Waals surface area contributed by atoms with Crippen molar-refractivity contribution < 1.29 is 9.59 Å². The number of piperidine rings is 1. The summed E-state index contributed by atoms with van der Waals surface area (Å²) < 4.78 is 1.82. The van der Waals surface area contributed by atoms with Crippen LogP contribution in [0.5, 0.6) is 0 Å². The van der Waals surface area contributed by atoms with Gasteiger partial charge in [-0.1, -0.05) is 0 Å². The van der Waals surface area contributed by atoms with Gasteiger partial charge in [0.25, 0.3) is 5.91 Å². The third kappa shape index (κ3) is 2.77. The number of nitrogens with zero attached hydrogens (tertiary/aromatic N) is 4. The zero-order chi connectivity index (χ0) is 18.4. The fourth-order valence-electron chi connectivity index (χ4n) is 3.99. The van der Waals surface area contributed by atoms with Gasteiger partial charge in [0.2, 0.25) is 5.91 Å². The smallest absolute Gasteiger partial charge is 0.256 e. The van der Waals surface area contributed by atoms with E-state index in [4.69, 9.17) is 0 Å². The molecular formula is C19H23N5O2. The number of carbonyl (C=O) groups is 2. The Labute approximate surface area is 152 Å². The summed E-state index contributed by atoms with van der Waals surface area (Å²) in [6, 6.07) is 3.29. The van der Waals surface area contributed by atoms with Crippen molar-refractivity contribution in [3.63, 3.8) is 0 Å². The van der Waals surface area contributed by atoms with Crippen LogP contribution in [0, 0.1) is 19.8 Å². The molecule has 0 radical (unpaired) electrons. The molecule has 26 heavy (non-hydrogen) atoms. The van der Waals surface area contributed by atoms with Gasteiger partial charge in [-0.2, -0.15) is 5.10 Å². The van der Waals surface area contributed by atoms with Gasteiger partial charge in [0.1, 0.15) is 6.04 Å². The highest BCUT2D eigenvalue weighted by Gasteiger charge is 2.56. The van der Waals surface area contributed by atoms with E-state index >= 15 is 0 Å². The first-order valence-electron chi connectivity index (χ1n) is 8.97. The molecule has 136 valence electrons. The molecule has 1 saturated carbocycles. The van der Waals surface area contributed by atoms with E-state index in [1.54, 1.807) is 29.4 Å². The van der Waals surface area contributed by atoms with E-state index in [1.807, 2.05) is 25.6 Å². The van der Waals surface area contributed by atoms with Crippen LogP contribution in [0.3, 0.4) is 0 Å². The zero-order valence-corrected chi connectivity index (χ0v) is 15.3. The van der Waals surface area contributed by atoms with Crippen molar-refractivity contribution in [3.05, 3.63) is 47.0 Å². The monoisotopic (exact) mass is 353 g/mol. The van der Waals surface area contributed by atoms with E-state index in [9.17, 15) is 9.59 Å². The van der Waals surface area contributed by atoms with Crippen LogP contribution in [0.15, 0.2) is 24.5 Å². The lowest BCUT2D eigenvalue weighted by Crippen LogP contribution is -2.47. The van der Waals surface area contributed by atoms with Crippen molar-refractivity contribution in [1.29, 1.82) is 0 Å². The zero-order valence-electron chi connectivity index (χ0n) is 15.3. The highest BCUT2D eigenvalue weighted by atomic mass is 16.2. The van der Waals surface area contributed by atoms with E-state index < -0.39 is 6.04 Å². The molecule has 7 heteroatoms. The quantitative estimate of drug-likeness (QED) is 0.900. The predicted molar refractivity (Wildman–Crippen MR) is 95.2 cm³/mol. The molecule has 1 aliphatic heterocycles. The number of hydrogen-bond acceptors (Lipinski definition) is 4. The third-order valence-electron chi connectivity index (χ3n) is 5.65. The Balaban J connectivity index is 1.48. The van der Waals surface area contributed by atoms with Crippen LogP contribution < -0.4 is 5.32 Å². The molecule has 2 amide bonds. The minimum absolute atomic E-state index is 0.0860. The van der Waals surface area contributed by atoms with Crippen LogP contribution in [0.25, 0.3) is 0 Å². The Bertz CT molecular complexity index is 860. The average Bonchev–Trinajstić information content (AvgIpc) is 3.23. The van der Waals surface area contributed by atoms with Gasteiger partial charge in [-0.25, -0.2) is 0 Å². The number of fused-ring (bicyclic) bond motifs is 1. The van der Waals surface area contributed by atoms with Gasteiger partial charge >= 0.3 is 0 Å². The molecule has 0 bridgehead atoms. The van der Waals surface area contributed by atoms with Gasteiger partial charge in [0, 0.05) is 43.3 Å². The third-order valence-corrected chi connectivity index (χ3v) is 5.65. The summed E-state index contributed by atoms with van der Waals surface area (Å²) in [5.41, 5.74) is 3.54. The van der Waals surface area contributed by atoms with Crippen molar-refractivity contribution in [1.82, 2.24) is 25.0 Å². The number of likely N-dealkylation sites (tertiary alicyclic amines) is 1. The molecule has 4 rings (SSSR count). The molecule has 2 aromatic rings. The van der Waals surface area contributed by atoms with Crippen LogP contribution in [0.4, 0.5) is 0 Å². The first-order valence-corrected chi connectivity index (χ1v) is 8.97. The number of nitrogens with one attached hydrogen (secondary N) is 1. The summed E-state index contributed by atoms with van der Waals surface area (Å²) in [6.45, 7) is 4.37. The van der Waals surface area contributed by atoms with Crippen molar-refractivity contribution in [2.24, 2.45) is 13.0 Å². The van der Waals surface area contributed by atoms with Gasteiger partial charge in [-0.05, 0) is 44.7 Å². The second-order valence-electron chi connectivity index (χ2n) is 7.26. The average molecular weight is 353 g/mol. The molecule has 2 fully saturated rings. The SMILES string of the molecule is Cc1nn(C)c(C)c1CNC(=O)[C@H]1C[C@@H]2C[C@@H]2N1C(=O)c1cccnc1. The molecule has 0 spiro atoms. The first-order chi connectivity index (χ1) is 12.5. The number of rotatable bonds is 4. The maximum absolute atomic E-state index is 12.9. The number of aromatic nitrogens is 3. The first kappa shape index (κ1) is 16.8. The van der Waals surface area contributed by atoms with Gasteiger partial charge in [0.15, 0.2) is 0 Å². The van der Waals surface area contributed by atoms with Gasteiger partial charge < -0.3 is 10.2 Å². The maximum Gasteiger partial charge on any atom is 0.256 e. The van der Waals surface area contributed by atoms with Crippen LogP contribution in [-0.2, 0) is 18.4 Å². The van der Waals surface area contributed by atoms with Crippen LogP contribution in [-0.4, -0.2) is 43.6 Å². The molecule has 3 heterocycles. The second-order valence-corrected chi connectivity index (χ2v) is 7.26. The number of aryl methyl sites for hydroxylation is 2. The van der Waals surface area contributed by atoms with Crippen LogP contribution in [0.1, 0.15) is 40.2 Å². The molecule has 1 saturated heterocycles. The van der Waals surface area contributed by atoms with E-state index in [0.717, 1.165) is 29.8 Å². The van der Waals surface area contributed by atoms with Gasteiger partial charge in [-0.3, -0.25) is 19.3 Å². The number of hydrogen-bond donors (Lipinski definition) is 1. The lowest BCUT2D eigenvalue weighted by Gasteiger charge is -2.26. The Morgan fingerprint density at radius 2 is 2.12 bits per heavy atom. The highest BCUT2D eigenvalue weighted by Crippen LogP contribution is 2.48. The minimum Gasteiger partial charge on any atom is -0.350 e. The predicted octanol–water partition coefficient (Wildman–Crippen LogP) is 1.35. The Morgan fingerprint density at radius 3 is 2.77 bits per heavy atom. The summed E-state index contributed by atoms with van der Waals surface area (Å²) in [4.78, 5) is 31.5. The van der Waals surface area contributed by atoms with Crippen LogP contribution in [0.2, 0.25) is 0 Å². The van der Waals surface area contributed by atoms with Crippen molar-refractivity contribution >= 4 is 11.8 Å². The van der Waals surface area contributed by atoms with E-state index in [0.29, 0.717) is 18.0 Å². The van der Waals surface area contributed by atoms with Gasteiger partial charge in [-0.15, -0.1) is 0 Å². The normalized spacial score (nSPS) is 23.7. The largest absolute Gasteiger partial charge is 0.350 e. The Morgan fingerprint density at radius 1 is 1.31 bits per heavy atom. The van der Waals surface area contributed by atoms with E-state index in [2.05, 4.69) is 15.4 Å². The van der Waals surface area contributed by atoms with Crippen molar-refractivity contribution in [3.8, 4) is 0 Å². The van der Waals surface area contributed by atoms with Crippen molar-refractivity contribution in [2.45, 2.75) is 45.3 Å². The molecular weight excluding hydrogens is 330 g/mol. The van der Waals surface area contributed by atoms with E-state index in [-0.39, 0.29) is 17.9 Å². The molecule has 2 aliphatic rings. The lowest BCUT2D eigenvalue weighted by molar-refractivity contribution is -0.125. The summed E-state index contributed by atoms with van der Waals surface area (Å²) in [5.74, 6) is 0.266. The maximum atomic E-state index is 12.9. The Kier molecular flexibility index (Phi) is 4.01. The molecule has 1 aliphatic carbocycles. The molecule has 0 unspecified atom stereocenters. The topological polar surface area (TPSA) is 80.1 Å². The molecule has 7 nitrogen and oxygen atoms in total. The lowest BCUT2D eigenvalue weighted by atomic mass is 10.1. The van der Waals surface area contributed by atoms with Crippen LogP contribution >= 0.6 is 0 Å². The number of pyridine rings is 1. The Hall–Kier alpha value is -2.70. The summed E-state index contributed by atoms with van der Waals surface area (Å²) in [6.07, 6.45) is 4.95. The number of amides is 2. The number of carbonyl (C=O) groups excluding carboxylic acids is 2. The highest BCUT2D eigenvalue weighted by molar-refractivity contribution is 5.98. The molecule has 1 N–H and O–H groups in total.